The number of nitrogens with two attached hydrogens (primary N) is 1. The lowest BCUT2D eigenvalue weighted by Gasteiger charge is -2.12. The van der Waals surface area contributed by atoms with E-state index in [4.69, 9.17) is 28.9 Å². The number of benzene rings is 2. The van der Waals surface area contributed by atoms with E-state index >= 15 is 0 Å². The first-order valence-corrected chi connectivity index (χ1v) is 7.16. The molecule has 0 aliphatic rings. The van der Waals surface area contributed by atoms with Crippen LogP contribution in [0, 0.1) is 0 Å². The Hall–Kier alpha value is -1.91. The van der Waals surface area contributed by atoms with Gasteiger partial charge >= 0.3 is 0 Å². The van der Waals surface area contributed by atoms with Crippen molar-refractivity contribution < 1.29 is 4.79 Å². The summed E-state index contributed by atoms with van der Waals surface area (Å²) in [5.74, 6) is -0.150. The third kappa shape index (κ3) is 3.80. The molecule has 0 heterocycles. The van der Waals surface area contributed by atoms with Crippen LogP contribution in [0.2, 0.25) is 10.0 Å². The number of rotatable bonds is 4. The molecule has 2 rings (SSSR count). The Morgan fingerprint density at radius 1 is 1.14 bits per heavy atom. The van der Waals surface area contributed by atoms with Crippen LogP contribution in [0.5, 0.6) is 0 Å². The van der Waals surface area contributed by atoms with Gasteiger partial charge in [0, 0.05) is 17.1 Å². The zero-order valence-electron chi connectivity index (χ0n) is 11.4. The van der Waals surface area contributed by atoms with Crippen LogP contribution in [0.25, 0.3) is 0 Å². The molecule has 0 saturated carbocycles. The van der Waals surface area contributed by atoms with Gasteiger partial charge in [-0.05, 0) is 43.3 Å². The Bertz CT molecular complexity index is 674. The topological polar surface area (TPSA) is 67.2 Å². The fourth-order valence-electron chi connectivity index (χ4n) is 1.80. The van der Waals surface area contributed by atoms with Crippen LogP contribution in [0.3, 0.4) is 0 Å². The third-order valence-corrected chi connectivity index (χ3v) is 3.40. The zero-order chi connectivity index (χ0) is 15.4. The molecule has 0 fully saturated rings. The van der Waals surface area contributed by atoms with E-state index in [1.54, 1.807) is 36.4 Å². The first kappa shape index (κ1) is 15.5. The fraction of sp³-hybridized carbons (Fsp3) is 0.133. The van der Waals surface area contributed by atoms with E-state index in [1.807, 2.05) is 6.92 Å². The summed E-state index contributed by atoms with van der Waals surface area (Å²) >= 11 is 12.0. The maximum Gasteiger partial charge on any atom is 0.251 e. The molecular weight excluding hydrogens is 309 g/mol. The van der Waals surface area contributed by atoms with Gasteiger partial charge < -0.3 is 16.4 Å². The lowest BCUT2D eigenvalue weighted by Crippen LogP contribution is -2.22. The Balaban J connectivity index is 2.30. The molecule has 0 atom stereocenters. The van der Waals surface area contributed by atoms with Crippen molar-refractivity contribution in [1.29, 1.82) is 0 Å². The largest absolute Gasteiger partial charge is 0.397 e. The Morgan fingerprint density at radius 2 is 1.90 bits per heavy atom. The number of hydrogen-bond donors (Lipinski definition) is 3. The van der Waals surface area contributed by atoms with E-state index in [0.29, 0.717) is 39.2 Å². The van der Waals surface area contributed by atoms with E-state index in [9.17, 15) is 4.79 Å². The minimum atomic E-state index is -0.150. The number of carbonyl (C=O) groups is 1. The van der Waals surface area contributed by atoms with Gasteiger partial charge in [-0.15, -0.1) is 0 Å². The Kier molecular flexibility index (Phi) is 4.94. The van der Waals surface area contributed by atoms with Crippen LogP contribution in [-0.2, 0) is 0 Å². The van der Waals surface area contributed by atoms with Crippen molar-refractivity contribution in [1.82, 2.24) is 5.32 Å². The summed E-state index contributed by atoms with van der Waals surface area (Å²) in [5.41, 5.74) is 8.26. The molecule has 4 nitrogen and oxygen atoms in total. The van der Waals surface area contributed by atoms with Crippen molar-refractivity contribution in [2.45, 2.75) is 6.92 Å². The van der Waals surface area contributed by atoms with Crippen LogP contribution in [-0.4, -0.2) is 12.5 Å². The Labute approximate surface area is 133 Å². The number of carbonyl (C=O) groups excluding carboxylic acids is 1. The van der Waals surface area contributed by atoms with Gasteiger partial charge in [0.1, 0.15) is 0 Å². The molecule has 0 aromatic heterocycles. The predicted molar refractivity (Wildman–Crippen MR) is 88.6 cm³/mol. The first-order chi connectivity index (χ1) is 10.0. The minimum absolute atomic E-state index is 0.150. The van der Waals surface area contributed by atoms with Crippen LogP contribution in [0.15, 0.2) is 36.4 Å². The molecule has 6 heteroatoms. The van der Waals surface area contributed by atoms with Crippen molar-refractivity contribution in [2.75, 3.05) is 17.6 Å². The van der Waals surface area contributed by atoms with Crippen LogP contribution >= 0.6 is 23.2 Å². The minimum Gasteiger partial charge on any atom is -0.397 e. The molecular formula is C15H15Cl2N3O. The van der Waals surface area contributed by atoms with Crippen molar-refractivity contribution in [3.8, 4) is 0 Å². The summed E-state index contributed by atoms with van der Waals surface area (Å²) in [6.45, 7) is 2.43. The maximum absolute atomic E-state index is 11.8. The van der Waals surface area contributed by atoms with E-state index in [2.05, 4.69) is 10.6 Å². The first-order valence-electron chi connectivity index (χ1n) is 6.41. The molecule has 0 aliphatic heterocycles. The smallest absolute Gasteiger partial charge is 0.251 e. The highest BCUT2D eigenvalue weighted by Crippen LogP contribution is 2.31. The summed E-state index contributed by atoms with van der Waals surface area (Å²) < 4.78 is 0. The van der Waals surface area contributed by atoms with Crippen LogP contribution < -0.4 is 16.4 Å². The second-order valence-electron chi connectivity index (χ2n) is 4.41. The fourth-order valence-corrected chi connectivity index (χ4v) is 2.26. The molecule has 0 radical (unpaired) electrons. The highest BCUT2D eigenvalue weighted by atomic mass is 35.5. The lowest BCUT2D eigenvalue weighted by molar-refractivity contribution is 0.0956. The summed E-state index contributed by atoms with van der Waals surface area (Å²) in [6.07, 6.45) is 0. The highest BCUT2D eigenvalue weighted by molar-refractivity contribution is 6.36. The van der Waals surface area contributed by atoms with Crippen LogP contribution in [0.4, 0.5) is 17.1 Å². The van der Waals surface area contributed by atoms with E-state index in [1.165, 1.54) is 0 Å². The number of nitrogen functional groups attached to an aromatic ring is 1. The zero-order valence-corrected chi connectivity index (χ0v) is 12.9. The molecule has 110 valence electrons. The van der Waals surface area contributed by atoms with Crippen molar-refractivity contribution >= 4 is 46.2 Å². The molecule has 2 aromatic carbocycles. The molecule has 4 N–H and O–H groups in total. The van der Waals surface area contributed by atoms with Gasteiger partial charge in [0.25, 0.3) is 5.91 Å². The van der Waals surface area contributed by atoms with Gasteiger partial charge in [-0.2, -0.15) is 0 Å². The average molecular weight is 324 g/mol. The standard InChI is InChI=1S/C15H15Cl2N3O/c1-2-19-15(21)9-3-5-12(18)14(7-9)20-13-6-4-10(16)8-11(13)17/h3-8,20H,2,18H2,1H3,(H,19,21). The van der Waals surface area contributed by atoms with Crippen molar-refractivity contribution in [3.63, 3.8) is 0 Å². The van der Waals surface area contributed by atoms with Crippen molar-refractivity contribution in [3.05, 3.63) is 52.0 Å². The summed E-state index contributed by atoms with van der Waals surface area (Å²) in [6, 6.07) is 10.1. The van der Waals surface area contributed by atoms with E-state index in [0.717, 1.165) is 0 Å². The van der Waals surface area contributed by atoms with Crippen LogP contribution in [0.1, 0.15) is 17.3 Å². The third-order valence-electron chi connectivity index (χ3n) is 2.85. The Morgan fingerprint density at radius 3 is 2.57 bits per heavy atom. The van der Waals surface area contributed by atoms with E-state index < -0.39 is 0 Å². The van der Waals surface area contributed by atoms with Gasteiger partial charge in [0.2, 0.25) is 0 Å². The second kappa shape index (κ2) is 6.70. The highest BCUT2D eigenvalue weighted by Gasteiger charge is 2.09. The number of anilines is 3. The summed E-state index contributed by atoms with van der Waals surface area (Å²) in [7, 11) is 0. The van der Waals surface area contributed by atoms with E-state index in [-0.39, 0.29) is 5.91 Å². The number of amides is 1. The van der Waals surface area contributed by atoms with Gasteiger partial charge in [-0.1, -0.05) is 23.2 Å². The monoisotopic (exact) mass is 323 g/mol. The quantitative estimate of drug-likeness (QED) is 0.743. The van der Waals surface area contributed by atoms with Gasteiger partial charge in [-0.3, -0.25) is 4.79 Å². The normalized spacial score (nSPS) is 10.2. The molecule has 0 unspecified atom stereocenters. The average Bonchev–Trinajstić information content (AvgIpc) is 2.44. The lowest BCUT2D eigenvalue weighted by atomic mass is 10.1. The maximum atomic E-state index is 11.8. The summed E-state index contributed by atoms with van der Waals surface area (Å²) in [4.78, 5) is 11.8. The van der Waals surface area contributed by atoms with Gasteiger partial charge in [-0.25, -0.2) is 0 Å². The number of nitrogens with one attached hydrogen (secondary N) is 2. The molecule has 0 aliphatic carbocycles. The number of halogens is 2. The molecule has 1 amide bonds. The summed E-state index contributed by atoms with van der Waals surface area (Å²) in [5, 5.41) is 6.88. The molecule has 2 aromatic rings. The SMILES string of the molecule is CCNC(=O)c1ccc(N)c(Nc2ccc(Cl)cc2Cl)c1. The molecule has 0 saturated heterocycles. The van der Waals surface area contributed by atoms with Crippen molar-refractivity contribution in [2.24, 2.45) is 0 Å². The molecule has 21 heavy (non-hydrogen) atoms. The van der Waals surface area contributed by atoms with Gasteiger partial charge in [0.05, 0.1) is 22.1 Å². The predicted octanol–water partition coefficient (Wildman–Crippen LogP) is 4.07. The molecule has 0 spiro atoms. The van der Waals surface area contributed by atoms with Gasteiger partial charge in [0.15, 0.2) is 0 Å². The second-order valence-corrected chi connectivity index (χ2v) is 5.25. The molecule has 0 bridgehead atoms. The number of hydrogen-bond acceptors (Lipinski definition) is 3.